The SMILES string of the molecule is CCCC(=O)NC1=CC=CC=CN1. The fraction of sp³-hybridized carbons (Fsp3) is 0.300. The Morgan fingerprint density at radius 1 is 1.46 bits per heavy atom. The molecule has 0 atom stereocenters. The highest BCUT2D eigenvalue weighted by Crippen LogP contribution is 1.94. The van der Waals surface area contributed by atoms with E-state index in [0.29, 0.717) is 6.42 Å². The van der Waals surface area contributed by atoms with Crippen molar-refractivity contribution in [3.05, 3.63) is 36.3 Å². The summed E-state index contributed by atoms with van der Waals surface area (Å²) in [7, 11) is 0. The number of hydrogen-bond donors (Lipinski definition) is 2. The zero-order chi connectivity index (χ0) is 9.52. The number of nitrogens with one attached hydrogen (secondary N) is 2. The van der Waals surface area contributed by atoms with Crippen LogP contribution in [0.4, 0.5) is 0 Å². The Morgan fingerprint density at radius 2 is 2.31 bits per heavy atom. The fourth-order valence-electron chi connectivity index (χ4n) is 0.975. The van der Waals surface area contributed by atoms with Gasteiger partial charge in [-0.15, -0.1) is 0 Å². The summed E-state index contributed by atoms with van der Waals surface area (Å²) in [5.74, 6) is 0.772. The van der Waals surface area contributed by atoms with Crippen LogP contribution in [0.25, 0.3) is 0 Å². The lowest BCUT2D eigenvalue weighted by molar-refractivity contribution is -0.120. The van der Waals surface area contributed by atoms with Gasteiger partial charge in [-0.25, -0.2) is 0 Å². The van der Waals surface area contributed by atoms with Gasteiger partial charge in [-0.2, -0.15) is 0 Å². The second-order valence-corrected chi connectivity index (χ2v) is 2.77. The van der Waals surface area contributed by atoms with Gasteiger partial charge in [0, 0.05) is 12.6 Å². The highest BCUT2D eigenvalue weighted by atomic mass is 16.1. The van der Waals surface area contributed by atoms with E-state index in [0.717, 1.165) is 12.2 Å². The van der Waals surface area contributed by atoms with Crippen LogP contribution in [0.1, 0.15) is 19.8 Å². The first kappa shape index (κ1) is 9.58. The maximum absolute atomic E-state index is 11.2. The van der Waals surface area contributed by atoms with Gasteiger partial charge in [-0.1, -0.05) is 19.1 Å². The summed E-state index contributed by atoms with van der Waals surface area (Å²) in [6.07, 6.45) is 10.7. The van der Waals surface area contributed by atoms with Crippen LogP contribution < -0.4 is 10.6 Å². The molecule has 1 heterocycles. The molecule has 0 fully saturated rings. The molecule has 1 amide bonds. The van der Waals surface area contributed by atoms with E-state index in [-0.39, 0.29) is 5.91 Å². The van der Waals surface area contributed by atoms with Gasteiger partial charge in [0.1, 0.15) is 5.82 Å². The van der Waals surface area contributed by atoms with E-state index in [1.54, 1.807) is 6.20 Å². The standard InChI is InChI=1S/C10H14N2O/c1-2-6-10(13)12-9-7-4-3-5-8-11-9/h3-5,7-8,11H,2,6H2,1H3,(H,12,13). The van der Waals surface area contributed by atoms with E-state index >= 15 is 0 Å². The van der Waals surface area contributed by atoms with Crippen LogP contribution >= 0.6 is 0 Å². The predicted octanol–water partition coefficient (Wildman–Crippen LogP) is 1.42. The third-order valence-corrected chi connectivity index (χ3v) is 1.57. The van der Waals surface area contributed by atoms with Gasteiger partial charge < -0.3 is 10.6 Å². The average Bonchev–Trinajstić information content (AvgIpc) is 2.33. The first-order valence-electron chi connectivity index (χ1n) is 4.43. The molecule has 2 N–H and O–H groups in total. The van der Waals surface area contributed by atoms with Crippen LogP contribution in [0.3, 0.4) is 0 Å². The van der Waals surface area contributed by atoms with Crippen molar-refractivity contribution in [3.8, 4) is 0 Å². The summed E-state index contributed by atoms with van der Waals surface area (Å²) >= 11 is 0. The van der Waals surface area contributed by atoms with E-state index in [2.05, 4.69) is 10.6 Å². The van der Waals surface area contributed by atoms with Gasteiger partial charge in [0.15, 0.2) is 0 Å². The minimum absolute atomic E-state index is 0.0463. The highest BCUT2D eigenvalue weighted by Gasteiger charge is 2.01. The smallest absolute Gasteiger partial charge is 0.225 e. The largest absolute Gasteiger partial charge is 0.348 e. The lowest BCUT2D eigenvalue weighted by atomic mass is 10.3. The van der Waals surface area contributed by atoms with E-state index in [1.807, 2.05) is 31.2 Å². The van der Waals surface area contributed by atoms with Crippen LogP contribution in [-0.4, -0.2) is 5.91 Å². The molecule has 1 aliphatic rings. The quantitative estimate of drug-likeness (QED) is 0.686. The third-order valence-electron chi connectivity index (χ3n) is 1.57. The molecular formula is C10H14N2O. The average molecular weight is 178 g/mol. The molecule has 3 nitrogen and oxygen atoms in total. The van der Waals surface area contributed by atoms with Crippen molar-refractivity contribution < 1.29 is 4.79 Å². The number of amides is 1. The molecule has 3 heteroatoms. The Morgan fingerprint density at radius 3 is 3.08 bits per heavy atom. The summed E-state index contributed by atoms with van der Waals surface area (Å²) in [6.45, 7) is 1.98. The molecule has 1 aliphatic heterocycles. The number of rotatable bonds is 3. The van der Waals surface area contributed by atoms with Crippen LogP contribution in [-0.2, 0) is 4.79 Å². The maximum Gasteiger partial charge on any atom is 0.225 e. The second-order valence-electron chi connectivity index (χ2n) is 2.77. The van der Waals surface area contributed by atoms with E-state index in [1.165, 1.54) is 0 Å². The summed E-state index contributed by atoms with van der Waals surface area (Å²) in [6, 6.07) is 0. The van der Waals surface area contributed by atoms with Gasteiger partial charge in [0.2, 0.25) is 5.91 Å². The summed E-state index contributed by atoms with van der Waals surface area (Å²) in [4.78, 5) is 11.2. The molecule has 13 heavy (non-hydrogen) atoms. The van der Waals surface area contributed by atoms with Gasteiger partial charge in [0.05, 0.1) is 0 Å². The molecule has 0 aromatic carbocycles. The maximum atomic E-state index is 11.2. The lowest BCUT2D eigenvalue weighted by Crippen LogP contribution is -2.28. The van der Waals surface area contributed by atoms with Crippen molar-refractivity contribution in [3.63, 3.8) is 0 Å². The van der Waals surface area contributed by atoms with Crippen LogP contribution in [0.2, 0.25) is 0 Å². The van der Waals surface area contributed by atoms with E-state index in [4.69, 9.17) is 0 Å². The minimum atomic E-state index is 0.0463. The normalized spacial score (nSPS) is 14.4. The Hall–Kier alpha value is -1.51. The number of hydrogen-bond acceptors (Lipinski definition) is 2. The molecular weight excluding hydrogens is 164 g/mol. The highest BCUT2D eigenvalue weighted by molar-refractivity contribution is 5.77. The molecule has 0 saturated heterocycles. The molecule has 0 radical (unpaired) electrons. The van der Waals surface area contributed by atoms with Gasteiger partial charge >= 0.3 is 0 Å². The van der Waals surface area contributed by atoms with Gasteiger partial charge in [-0.05, 0) is 18.6 Å². The molecule has 70 valence electrons. The van der Waals surface area contributed by atoms with Crippen molar-refractivity contribution in [2.75, 3.05) is 0 Å². The van der Waals surface area contributed by atoms with Gasteiger partial charge in [0.25, 0.3) is 0 Å². The van der Waals surface area contributed by atoms with E-state index < -0.39 is 0 Å². The zero-order valence-corrected chi connectivity index (χ0v) is 7.71. The Kier molecular flexibility index (Phi) is 3.82. The monoisotopic (exact) mass is 178 g/mol. The van der Waals surface area contributed by atoms with Crippen molar-refractivity contribution in [1.82, 2.24) is 10.6 Å². The summed E-state index contributed by atoms with van der Waals surface area (Å²) in [5, 5.41) is 5.73. The first-order chi connectivity index (χ1) is 6.33. The lowest BCUT2D eigenvalue weighted by Gasteiger charge is -2.07. The molecule has 0 saturated carbocycles. The minimum Gasteiger partial charge on any atom is -0.348 e. The summed E-state index contributed by atoms with van der Waals surface area (Å²) in [5.41, 5.74) is 0. The number of carbonyl (C=O) groups is 1. The third kappa shape index (κ3) is 3.60. The molecule has 0 aromatic rings. The van der Waals surface area contributed by atoms with E-state index in [9.17, 15) is 4.79 Å². The second kappa shape index (κ2) is 5.19. The molecule has 0 aromatic heterocycles. The van der Waals surface area contributed by atoms with Crippen molar-refractivity contribution in [2.45, 2.75) is 19.8 Å². The van der Waals surface area contributed by atoms with Crippen molar-refractivity contribution in [2.24, 2.45) is 0 Å². The number of carbonyl (C=O) groups excluding carboxylic acids is 1. The van der Waals surface area contributed by atoms with Crippen LogP contribution in [0.5, 0.6) is 0 Å². The van der Waals surface area contributed by atoms with Crippen molar-refractivity contribution >= 4 is 5.91 Å². The zero-order valence-electron chi connectivity index (χ0n) is 7.71. The van der Waals surface area contributed by atoms with Crippen LogP contribution in [0, 0.1) is 0 Å². The molecule has 0 spiro atoms. The van der Waals surface area contributed by atoms with Crippen molar-refractivity contribution in [1.29, 1.82) is 0 Å². The Labute approximate surface area is 78.2 Å². The fourth-order valence-corrected chi connectivity index (χ4v) is 0.975. The molecule has 0 aliphatic carbocycles. The predicted molar refractivity (Wildman–Crippen MR) is 52.5 cm³/mol. The molecule has 0 unspecified atom stereocenters. The molecule has 0 bridgehead atoms. The Bertz CT molecular complexity index is 264. The van der Waals surface area contributed by atoms with Crippen LogP contribution in [0.15, 0.2) is 36.3 Å². The topological polar surface area (TPSA) is 41.1 Å². The number of allylic oxidation sites excluding steroid dienone is 4. The first-order valence-corrected chi connectivity index (χ1v) is 4.43. The summed E-state index contributed by atoms with van der Waals surface area (Å²) < 4.78 is 0. The Balaban J connectivity index is 2.44. The molecule has 1 rings (SSSR count). The van der Waals surface area contributed by atoms with Gasteiger partial charge in [-0.3, -0.25) is 4.79 Å².